The third-order valence-electron chi connectivity index (χ3n) is 3.71. The van der Waals surface area contributed by atoms with Crippen molar-refractivity contribution in [1.82, 2.24) is 5.32 Å². The van der Waals surface area contributed by atoms with Gasteiger partial charge in [-0.25, -0.2) is 0 Å². The van der Waals surface area contributed by atoms with Gasteiger partial charge in [-0.2, -0.15) is 0 Å². The van der Waals surface area contributed by atoms with Gasteiger partial charge in [0.2, 0.25) is 0 Å². The molecule has 0 aromatic heterocycles. The highest BCUT2D eigenvalue weighted by molar-refractivity contribution is 6.30. The molecule has 0 spiro atoms. The number of likely N-dealkylation sites (N-methyl/N-ethyl adjacent to an activating group) is 1. The van der Waals surface area contributed by atoms with Gasteiger partial charge in [-0.1, -0.05) is 53.6 Å². The van der Waals surface area contributed by atoms with Gasteiger partial charge < -0.3 is 5.32 Å². The summed E-state index contributed by atoms with van der Waals surface area (Å²) in [5.41, 5.74) is 4.06. The molecule has 1 N–H and O–H groups in total. The summed E-state index contributed by atoms with van der Waals surface area (Å²) in [7, 11) is 2.04. The van der Waals surface area contributed by atoms with E-state index in [0.717, 1.165) is 24.3 Å². The van der Waals surface area contributed by atoms with Crippen LogP contribution in [-0.2, 0) is 12.8 Å². The maximum atomic E-state index is 5.92. The van der Waals surface area contributed by atoms with Crippen LogP contribution in [0.25, 0.3) is 0 Å². The fourth-order valence-electron chi connectivity index (χ4n) is 2.35. The van der Waals surface area contributed by atoms with Crippen LogP contribution < -0.4 is 5.32 Å². The van der Waals surface area contributed by atoms with Gasteiger partial charge in [0.05, 0.1) is 0 Å². The number of aryl methyl sites for hydroxylation is 2. The van der Waals surface area contributed by atoms with Crippen molar-refractivity contribution in [2.75, 3.05) is 7.05 Å². The summed E-state index contributed by atoms with van der Waals surface area (Å²) in [6.07, 6.45) is 3.29. The average Bonchev–Trinajstić information content (AvgIpc) is 2.47. The Balaban J connectivity index is 1.88. The molecule has 106 valence electrons. The van der Waals surface area contributed by atoms with Crippen molar-refractivity contribution in [3.8, 4) is 0 Å². The van der Waals surface area contributed by atoms with Crippen molar-refractivity contribution < 1.29 is 0 Å². The first kappa shape index (κ1) is 15.1. The number of hydrogen-bond donors (Lipinski definition) is 1. The minimum Gasteiger partial charge on any atom is -0.317 e. The molecule has 0 saturated carbocycles. The Morgan fingerprint density at radius 2 is 1.55 bits per heavy atom. The number of benzene rings is 2. The first-order valence-corrected chi connectivity index (χ1v) is 7.52. The Bertz CT molecular complexity index is 516. The molecule has 0 fully saturated rings. The molecule has 1 atom stereocenters. The minimum atomic E-state index is 0.498. The third-order valence-corrected chi connectivity index (χ3v) is 3.96. The van der Waals surface area contributed by atoms with Crippen LogP contribution in [0.5, 0.6) is 0 Å². The second-order valence-corrected chi connectivity index (χ2v) is 5.78. The molecule has 0 aliphatic heterocycles. The first-order chi connectivity index (χ1) is 9.67. The Hall–Kier alpha value is -1.31. The van der Waals surface area contributed by atoms with Crippen LogP contribution in [0, 0.1) is 6.92 Å². The van der Waals surface area contributed by atoms with E-state index >= 15 is 0 Å². The number of rotatable bonds is 6. The maximum absolute atomic E-state index is 5.92. The summed E-state index contributed by atoms with van der Waals surface area (Å²) in [5.74, 6) is 0. The largest absolute Gasteiger partial charge is 0.317 e. The van der Waals surface area contributed by atoms with E-state index in [1.165, 1.54) is 16.7 Å². The van der Waals surface area contributed by atoms with E-state index in [1.807, 2.05) is 19.2 Å². The number of halogens is 1. The zero-order valence-electron chi connectivity index (χ0n) is 12.2. The quantitative estimate of drug-likeness (QED) is 0.830. The molecule has 0 saturated heterocycles. The zero-order chi connectivity index (χ0) is 14.4. The van der Waals surface area contributed by atoms with Crippen LogP contribution in [0.3, 0.4) is 0 Å². The van der Waals surface area contributed by atoms with E-state index in [0.29, 0.717) is 6.04 Å². The van der Waals surface area contributed by atoms with Crippen molar-refractivity contribution in [3.05, 3.63) is 70.2 Å². The van der Waals surface area contributed by atoms with Gasteiger partial charge in [-0.05, 0) is 56.5 Å². The molecular weight excluding hydrogens is 266 g/mol. The summed E-state index contributed by atoms with van der Waals surface area (Å²) in [6, 6.07) is 17.5. The standard InChI is InChI=1S/C18H22ClN/c1-14-3-5-15(6-4-14)9-12-18(20-2)13-16-7-10-17(19)11-8-16/h3-8,10-11,18,20H,9,12-13H2,1-2H3. The molecule has 2 heteroatoms. The van der Waals surface area contributed by atoms with Crippen LogP contribution in [0.2, 0.25) is 5.02 Å². The summed E-state index contributed by atoms with van der Waals surface area (Å²) in [5, 5.41) is 4.21. The molecular formula is C18H22ClN. The fourth-order valence-corrected chi connectivity index (χ4v) is 2.48. The van der Waals surface area contributed by atoms with Crippen molar-refractivity contribution in [1.29, 1.82) is 0 Å². The molecule has 2 aromatic rings. The van der Waals surface area contributed by atoms with E-state index in [9.17, 15) is 0 Å². The predicted molar refractivity (Wildman–Crippen MR) is 87.5 cm³/mol. The minimum absolute atomic E-state index is 0.498. The highest BCUT2D eigenvalue weighted by atomic mass is 35.5. The lowest BCUT2D eigenvalue weighted by molar-refractivity contribution is 0.520. The van der Waals surface area contributed by atoms with E-state index in [2.05, 4.69) is 48.6 Å². The van der Waals surface area contributed by atoms with E-state index in [4.69, 9.17) is 11.6 Å². The monoisotopic (exact) mass is 287 g/mol. The zero-order valence-corrected chi connectivity index (χ0v) is 13.0. The Morgan fingerprint density at radius 3 is 2.15 bits per heavy atom. The Kier molecular flexibility index (Phi) is 5.63. The van der Waals surface area contributed by atoms with Gasteiger partial charge in [0, 0.05) is 11.1 Å². The van der Waals surface area contributed by atoms with Gasteiger partial charge in [-0.15, -0.1) is 0 Å². The van der Waals surface area contributed by atoms with Crippen LogP contribution in [0.15, 0.2) is 48.5 Å². The van der Waals surface area contributed by atoms with Crippen molar-refractivity contribution in [3.63, 3.8) is 0 Å². The Morgan fingerprint density at radius 1 is 0.950 bits per heavy atom. The normalized spacial score (nSPS) is 12.3. The average molecular weight is 288 g/mol. The van der Waals surface area contributed by atoms with Gasteiger partial charge in [0.15, 0.2) is 0 Å². The van der Waals surface area contributed by atoms with Gasteiger partial charge in [-0.3, -0.25) is 0 Å². The van der Waals surface area contributed by atoms with Gasteiger partial charge in [0.25, 0.3) is 0 Å². The highest BCUT2D eigenvalue weighted by Crippen LogP contribution is 2.14. The third kappa shape index (κ3) is 4.66. The molecule has 0 amide bonds. The van der Waals surface area contributed by atoms with Crippen molar-refractivity contribution in [2.24, 2.45) is 0 Å². The molecule has 2 aromatic carbocycles. The topological polar surface area (TPSA) is 12.0 Å². The van der Waals surface area contributed by atoms with Crippen molar-refractivity contribution >= 4 is 11.6 Å². The molecule has 1 nitrogen and oxygen atoms in total. The molecule has 2 rings (SSSR count). The molecule has 0 aliphatic rings. The SMILES string of the molecule is CNC(CCc1ccc(C)cc1)Cc1ccc(Cl)cc1. The molecule has 0 aliphatic carbocycles. The second-order valence-electron chi connectivity index (χ2n) is 5.34. The Labute approximate surface area is 127 Å². The molecule has 0 radical (unpaired) electrons. The van der Waals surface area contributed by atoms with E-state index in [1.54, 1.807) is 0 Å². The molecule has 1 unspecified atom stereocenters. The van der Waals surface area contributed by atoms with E-state index in [-0.39, 0.29) is 0 Å². The van der Waals surface area contributed by atoms with Crippen LogP contribution in [-0.4, -0.2) is 13.1 Å². The van der Waals surface area contributed by atoms with E-state index < -0.39 is 0 Å². The maximum Gasteiger partial charge on any atom is 0.0406 e. The van der Waals surface area contributed by atoms with Gasteiger partial charge >= 0.3 is 0 Å². The lowest BCUT2D eigenvalue weighted by Gasteiger charge is -2.16. The molecule has 0 bridgehead atoms. The summed E-state index contributed by atoms with van der Waals surface area (Å²) in [6.45, 7) is 2.13. The molecule has 0 heterocycles. The second kappa shape index (κ2) is 7.47. The van der Waals surface area contributed by atoms with Crippen LogP contribution in [0.4, 0.5) is 0 Å². The van der Waals surface area contributed by atoms with Gasteiger partial charge in [0.1, 0.15) is 0 Å². The first-order valence-electron chi connectivity index (χ1n) is 7.14. The lowest BCUT2D eigenvalue weighted by Crippen LogP contribution is -2.28. The summed E-state index contributed by atoms with van der Waals surface area (Å²) < 4.78 is 0. The number of nitrogens with one attached hydrogen (secondary N) is 1. The lowest BCUT2D eigenvalue weighted by atomic mass is 9.99. The van der Waals surface area contributed by atoms with Crippen LogP contribution in [0.1, 0.15) is 23.1 Å². The van der Waals surface area contributed by atoms with Crippen LogP contribution >= 0.6 is 11.6 Å². The smallest absolute Gasteiger partial charge is 0.0406 e. The fraction of sp³-hybridized carbons (Fsp3) is 0.333. The highest BCUT2D eigenvalue weighted by Gasteiger charge is 2.07. The predicted octanol–water partition coefficient (Wildman–Crippen LogP) is 4.41. The summed E-state index contributed by atoms with van der Waals surface area (Å²) in [4.78, 5) is 0. The molecule has 20 heavy (non-hydrogen) atoms. The number of hydrogen-bond acceptors (Lipinski definition) is 1. The summed E-state index contributed by atoms with van der Waals surface area (Å²) >= 11 is 5.92. The van der Waals surface area contributed by atoms with Crippen molar-refractivity contribution in [2.45, 2.75) is 32.2 Å².